The molecule has 0 bridgehead atoms. The maximum absolute atomic E-state index is 7.29. The van der Waals surface area contributed by atoms with E-state index in [9.17, 15) is 0 Å². The van der Waals surface area contributed by atoms with Crippen LogP contribution >= 0.6 is 0 Å². The lowest BCUT2D eigenvalue weighted by atomic mass is 9.44. The first kappa shape index (κ1) is 37.4. The SMILES string of the molecule is c1ccc(N2B3c4cc(-n5c6ccccc6c6ccccc65)ccc4Oc4cc(-c5ccccc5[Si](c5ccccc5)(c5ccccc5)c5ccccc5)cc(c43)-c3ccccc32)cc1. The second-order valence-corrected chi connectivity index (χ2v) is 20.9. The topological polar surface area (TPSA) is 17.4 Å². The quantitative estimate of drug-likeness (QED) is 0.117. The van der Waals surface area contributed by atoms with E-state index in [0.717, 1.165) is 33.9 Å². The van der Waals surface area contributed by atoms with Crippen LogP contribution in [0.25, 0.3) is 49.7 Å². The van der Waals surface area contributed by atoms with Gasteiger partial charge in [-0.25, -0.2) is 0 Å². The summed E-state index contributed by atoms with van der Waals surface area (Å²) in [5.41, 5.74) is 12.8. The third kappa shape index (κ3) is 5.69. The molecule has 0 spiro atoms. The molecule has 65 heavy (non-hydrogen) atoms. The largest absolute Gasteiger partial charge is 0.458 e. The number of ether oxygens (including phenoxy) is 1. The number of hydrogen-bond donors (Lipinski definition) is 0. The smallest absolute Gasteiger partial charge is 0.336 e. The van der Waals surface area contributed by atoms with Gasteiger partial charge < -0.3 is 14.1 Å². The van der Waals surface area contributed by atoms with Crippen LogP contribution in [0.1, 0.15) is 0 Å². The minimum atomic E-state index is -2.90. The first-order valence-electron chi connectivity index (χ1n) is 22.5. The zero-order valence-electron chi connectivity index (χ0n) is 35.6. The molecule has 0 saturated carbocycles. The zero-order valence-corrected chi connectivity index (χ0v) is 36.6. The van der Waals surface area contributed by atoms with Gasteiger partial charge in [0.25, 0.3) is 0 Å². The number of anilines is 2. The Balaban J connectivity index is 1.08. The predicted molar refractivity (Wildman–Crippen MR) is 275 cm³/mol. The molecule has 3 heterocycles. The van der Waals surface area contributed by atoms with Gasteiger partial charge in [-0.15, -0.1) is 0 Å². The number of rotatable bonds is 7. The van der Waals surface area contributed by atoms with Crippen LogP contribution in [0.5, 0.6) is 11.5 Å². The first-order valence-corrected chi connectivity index (χ1v) is 24.5. The molecule has 11 aromatic rings. The zero-order chi connectivity index (χ0) is 42.9. The number of hydrogen-bond acceptors (Lipinski definition) is 2. The number of nitrogens with zero attached hydrogens (tertiary/aromatic N) is 2. The second kappa shape index (κ2) is 15.0. The van der Waals surface area contributed by atoms with E-state index in [1.807, 2.05) is 0 Å². The van der Waals surface area contributed by atoms with Crippen molar-refractivity contribution in [3.05, 3.63) is 249 Å². The van der Waals surface area contributed by atoms with Gasteiger partial charge in [-0.2, -0.15) is 0 Å². The third-order valence-corrected chi connectivity index (χ3v) is 18.6. The van der Waals surface area contributed by atoms with Crippen molar-refractivity contribution in [3.63, 3.8) is 0 Å². The van der Waals surface area contributed by atoms with E-state index < -0.39 is 8.07 Å². The molecule has 0 aliphatic carbocycles. The van der Waals surface area contributed by atoms with Gasteiger partial charge in [0, 0.05) is 38.9 Å². The van der Waals surface area contributed by atoms with Gasteiger partial charge in [-0.1, -0.05) is 188 Å². The lowest BCUT2D eigenvalue weighted by molar-refractivity contribution is 0.487. The van der Waals surface area contributed by atoms with Crippen molar-refractivity contribution in [2.45, 2.75) is 0 Å². The van der Waals surface area contributed by atoms with Crippen molar-refractivity contribution in [1.82, 2.24) is 4.57 Å². The van der Waals surface area contributed by atoms with Crippen molar-refractivity contribution in [2.75, 3.05) is 4.81 Å². The second-order valence-electron chi connectivity index (χ2n) is 17.1. The monoisotopic (exact) mass is 844 g/mol. The Morgan fingerprint density at radius 1 is 0.385 bits per heavy atom. The fraction of sp³-hybridized carbons (Fsp3) is 0. The summed E-state index contributed by atoms with van der Waals surface area (Å²) >= 11 is 0. The molecule has 0 atom stereocenters. The van der Waals surface area contributed by atoms with Gasteiger partial charge in [-0.3, -0.25) is 0 Å². The summed E-state index contributed by atoms with van der Waals surface area (Å²) < 4.78 is 9.70. The van der Waals surface area contributed by atoms with E-state index in [-0.39, 0.29) is 6.85 Å². The van der Waals surface area contributed by atoms with Gasteiger partial charge in [0.2, 0.25) is 0 Å². The first-order chi connectivity index (χ1) is 32.3. The van der Waals surface area contributed by atoms with E-state index >= 15 is 0 Å². The third-order valence-electron chi connectivity index (χ3n) is 13.8. The lowest BCUT2D eigenvalue weighted by Crippen LogP contribution is -2.75. The summed E-state index contributed by atoms with van der Waals surface area (Å²) in [5.74, 6) is 1.75. The van der Waals surface area contributed by atoms with Crippen LogP contribution in [-0.2, 0) is 0 Å². The summed E-state index contributed by atoms with van der Waals surface area (Å²) in [6.07, 6.45) is 0. The van der Waals surface area contributed by atoms with E-state index in [1.54, 1.807) is 0 Å². The summed E-state index contributed by atoms with van der Waals surface area (Å²) in [4.78, 5) is 2.53. The Morgan fingerprint density at radius 2 is 0.908 bits per heavy atom. The van der Waals surface area contributed by atoms with Crippen molar-refractivity contribution in [3.8, 4) is 39.4 Å². The van der Waals surface area contributed by atoms with Crippen LogP contribution in [0.15, 0.2) is 249 Å². The van der Waals surface area contributed by atoms with Crippen LogP contribution in [0, 0.1) is 0 Å². The Morgan fingerprint density at radius 3 is 1.54 bits per heavy atom. The van der Waals surface area contributed by atoms with Crippen LogP contribution in [-0.4, -0.2) is 19.5 Å². The normalized spacial score (nSPS) is 12.7. The van der Waals surface area contributed by atoms with Crippen molar-refractivity contribution in [1.29, 1.82) is 0 Å². The van der Waals surface area contributed by atoms with Gasteiger partial charge in [0.05, 0.1) is 11.0 Å². The molecule has 0 fully saturated rings. The number of para-hydroxylation sites is 4. The van der Waals surface area contributed by atoms with Gasteiger partial charge in [0.15, 0.2) is 8.07 Å². The summed E-state index contributed by atoms with van der Waals surface area (Å²) in [5, 5.41) is 7.86. The average Bonchev–Trinajstić information content (AvgIpc) is 3.72. The van der Waals surface area contributed by atoms with Crippen LogP contribution < -0.4 is 41.2 Å². The molecule has 2 aliphatic rings. The number of benzene rings is 10. The Labute approximate surface area is 380 Å². The van der Waals surface area contributed by atoms with Gasteiger partial charge in [-0.05, 0) is 104 Å². The Bertz CT molecular complexity index is 3440. The molecule has 0 amide bonds. The predicted octanol–water partition coefficient (Wildman–Crippen LogP) is 10.9. The fourth-order valence-electron chi connectivity index (χ4n) is 11.1. The highest BCUT2D eigenvalue weighted by Crippen LogP contribution is 2.46. The molecular weight excluding hydrogens is 804 g/mol. The van der Waals surface area contributed by atoms with Crippen LogP contribution in [0.3, 0.4) is 0 Å². The Kier molecular flexibility index (Phi) is 8.65. The summed E-state index contributed by atoms with van der Waals surface area (Å²) in [7, 11) is -2.90. The highest BCUT2D eigenvalue weighted by molar-refractivity contribution is 7.20. The van der Waals surface area contributed by atoms with Crippen LogP contribution in [0.2, 0.25) is 0 Å². The maximum atomic E-state index is 7.29. The van der Waals surface area contributed by atoms with E-state index in [0.29, 0.717) is 0 Å². The van der Waals surface area contributed by atoms with E-state index in [2.05, 4.69) is 258 Å². The molecule has 3 nitrogen and oxygen atoms in total. The van der Waals surface area contributed by atoms with Crippen LogP contribution in [0.4, 0.5) is 11.4 Å². The minimum Gasteiger partial charge on any atom is -0.458 e. The van der Waals surface area contributed by atoms with Gasteiger partial charge in [0.1, 0.15) is 11.5 Å². The molecule has 5 heteroatoms. The standard InChI is InChI=1S/C60H41BN2OSi/c1-5-21-43(22-6-1)63-56-35-19-15-32-51(56)52-39-42(48-29-16-20-36-59(48)65(45-23-7-2-8-24-45,46-25-9-3-10-26-46)47-27-11-4-12-28-47)40-58-60(52)61(63)53-41-44(37-38-57(53)64-58)62-54-33-17-13-30-49(54)50-31-14-18-34-55(50)62/h1-41H. The highest BCUT2D eigenvalue weighted by Gasteiger charge is 2.46. The fourth-order valence-corrected chi connectivity index (χ4v) is 16.1. The molecule has 0 N–H and O–H groups in total. The minimum absolute atomic E-state index is 0.162. The lowest BCUT2D eigenvalue weighted by Gasteiger charge is -2.42. The van der Waals surface area contributed by atoms with Gasteiger partial charge >= 0.3 is 6.85 Å². The number of aromatic nitrogens is 1. The highest BCUT2D eigenvalue weighted by atomic mass is 28.3. The molecular formula is C60H41BN2OSi. The molecule has 0 unspecified atom stereocenters. The molecule has 304 valence electrons. The van der Waals surface area contributed by atoms with E-state index in [1.165, 1.54) is 70.4 Å². The number of fused-ring (bicyclic) bond motifs is 7. The van der Waals surface area contributed by atoms with Crippen molar-refractivity contribution >= 4 is 79.8 Å². The van der Waals surface area contributed by atoms with E-state index in [4.69, 9.17) is 4.74 Å². The summed E-state index contributed by atoms with van der Waals surface area (Å²) in [6.45, 7) is -0.162. The summed E-state index contributed by atoms with van der Waals surface area (Å²) in [6, 6.07) is 91.6. The average molecular weight is 845 g/mol. The molecule has 0 radical (unpaired) electrons. The molecule has 0 saturated heterocycles. The molecule has 1 aromatic heterocycles. The molecule has 10 aromatic carbocycles. The molecule has 2 aliphatic heterocycles. The van der Waals surface area contributed by atoms with Crippen molar-refractivity contribution in [2.24, 2.45) is 0 Å². The maximum Gasteiger partial charge on any atom is 0.336 e. The molecule has 13 rings (SSSR count). The van der Waals surface area contributed by atoms with Crippen molar-refractivity contribution < 1.29 is 4.74 Å². The Hall–Kier alpha value is -8.12.